The van der Waals surface area contributed by atoms with Crippen molar-refractivity contribution in [2.75, 3.05) is 0 Å². The summed E-state index contributed by atoms with van der Waals surface area (Å²) in [6.07, 6.45) is 1.48. The zero-order valence-corrected chi connectivity index (χ0v) is 12.1. The van der Waals surface area contributed by atoms with Crippen LogP contribution >= 0.6 is 27.3 Å². The quantitative estimate of drug-likeness (QED) is 0.922. The van der Waals surface area contributed by atoms with E-state index >= 15 is 0 Å². The summed E-state index contributed by atoms with van der Waals surface area (Å²) in [5.41, 5.74) is 2.27. The van der Waals surface area contributed by atoms with Gasteiger partial charge < -0.3 is 9.84 Å². The second-order valence-corrected chi connectivity index (χ2v) is 6.25. The van der Waals surface area contributed by atoms with E-state index < -0.39 is 0 Å². The molecule has 1 atom stereocenters. The van der Waals surface area contributed by atoms with E-state index in [1.165, 1.54) is 10.4 Å². The van der Waals surface area contributed by atoms with Gasteiger partial charge >= 0.3 is 0 Å². The minimum atomic E-state index is -0.291. The Kier molecular flexibility index (Phi) is 3.41. The summed E-state index contributed by atoms with van der Waals surface area (Å²) in [5.74, 6) is 0.878. The average molecular weight is 325 g/mol. The van der Waals surface area contributed by atoms with E-state index in [2.05, 4.69) is 15.9 Å². The van der Waals surface area contributed by atoms with Gasteiger partial charge in [0.1, 0.15) is 12.4 Å². The van der Waals surface area contributed by atoms with Gasteiger partial charge in [0, 0.05) is 4.47 Å². The van der Waals surface area contributed by atoms with Crippen molar-refractivity contribution in [3.05, 3.63) is 50.1 Å². The Morgan fingerprint density at radius 3 is 3.06 bits per heavy atom. The molecule has 0 amide bonds. The number of aliphatic hydroxyl groups is 1. The van der Waals surface area contributed by atoms with Crippen molar-refractivity contribution in [3.63, 3.8) is 0 Å². The van der Waals surface area contributed by atoms with Gasteiger partial charge in [-0.25, -0.2) is 0 Å². The molecule has 4 heteroatoms. The molecule has 0 unspecified atom stereocenters. The summed E-state index contributed by atoms with van der Waals surface area (Å²) < 4.78 is 6.89. The van der Waals surface area contributed by atoms with Crippen LogP contribution in [0.2, 0.25) is 0 Å². The zero-order chi connectivity index (χ0) is 12.5. The Morgan fingerprint density at radius 1 is 1.39 bits per heavy atom. The van der Waals surface area contributed by atoms with E-state index in [0.29, 0.717) is 6.61 Å². The standard InChI is InChI=1S/C14H13BrO2S/c15-12-5-6-18-14(12)8-17-10-2-3-11-9(7-10)1-4-13(11)16/h2-3,5-7,13,16H,1,4,8H2/t13-/m0/s1. The Hall–Kier alpha value is -0.840. The van der Waals surface area contributed by atoms with E-state index in [4.69, 9.17) is 4.74 Å². The summed E-state index contributed by atoms with van der Waals surface area (Å²) >= 11 is 5.18. The highest BCUT2D eigenvalue weighted by atomic mass is 79.9. The lowest BCUT2D eigenvalue weighted by Crippen LogP contribution is -1.95. The molecule has 0 radical (unpaired) electrons. The third kappa shape index (κ3) is 2.32. The first-order valence-corrected chi connectivity index (χ1v) is 7.57. The molecular formula is C14H13BrO2S. The summed E-state index contributed by atoms with van der Waals surface area (Å²) in [7, 11) is 0. The number of rotatable bonds is 3. The molecule has 0 fully saturated rings. The summed E-state index contributed by atoms with van der Waals surface area (Å²) in [5, 5.41) is 11.8. The Morgan fingerprint density at radius 2 is 2.28 bits per heavy atom. The SMILES string of the molecule is O[C@H]1CCc2cc(OCc3sccc3Br)ccc21. The van der Waals surface area contributed by atoms with Crippen LogP contribution in [0.5, 0.6) is 5.75 Å². The maximum Gasteiger partial charge on any atom is 0.124 e. The maximum atomic E-state index is 9.74. The number of ether oxygens (including phenoxy) is 1. The normalized spacial score (nSPS) is 17.8. The summed E-state index contributed by atoms with van der Waals surface area (Å²) in [6.45, 7) is 0.583. The Labute approximate surface area is 118 Å². The largest absolute Gasteiger partial charge is 0.488 e. The molecule has 94 valence electrons. The molecule has 1 aromatic heterocycles. The van der Waals surface area contributed by atoms with Crippen LogP contribution in [0.3, 0.4) is 0 Å². The zero-order valence-electron chi connectivity index (χ0n) is 9.73. The number of aliphatic hydroxyl groups excluding tert-OH is 1. The van der Waals surface area contributed by atoms with Crippen molar-refractivity contribution in [2.45, 2.75) is 25.6 Å². The monoisotopic (exact) mass is 324 g/mol. The van der Waals surface area contributed by atoms with Gasteiger partial charge in [0.25, 0.3) is 0 Å². The molecule has 0 aliphatic heterocycles. The van der Waals surface area contributed by atoms with Crippen LogP contribution in [0.15, 0.2) is 34.1 Å². The van der Waals surface area contributed by atoms with Gasteiger partial charge in [-0.05, 0) is 63.5 Å². The molecule has 0 saturated carbocycles. The van der Waals surface area contributed by atoms with Crippen molar-refractivity contribution in [1.29, 1.82) is 0 Å². The van der Waals surface area contributed by atoms with Crippen LogP contribution in [0.1, 0.15) is 28.5 Å². The van der Waals surface area contributed by atoms with Gasteiger partial charge in [-0.3, -0.25) is 0 Å². The van der Waals surface area contributed by atoms with Gasteiger partial charge in [-0.15, -0.1) is 11.3 Å². The highest BCUT2D eigenvalue weighted by Crippen LogP contribution is 2.33. The molecular weight excluding hydrogens is 312 g/mol. The topological polar surface area (TPSA) is 29.5 Å². The minimum Gasteiger partial charge on any atom is -0.488 e. The number of halogens is 1. The molecule has 3 rings (SSSR count). The average Bonchev–Trinajstić information content (AvgIpc) is 2.94. The lowest BCUT2D eigenvalue weighted by Gasteiger charge is -2.08. The van der Waals surface area contributed by atoms with Crippen molar-refractivity contribution in [2.24, 2.45) is 0 Å². The molecule has 0 saturated heterocycles. The first-order valence-electron chi connectivity index (χ1n) is 5.89. The Balaban J connectivity index is 1.73. The second kappa shape index (κ2) is 5.03. The summed E-state index contributed by atoms with van der Waals surface area (Å²) in [4.78, 5) is 1.19. The smallest absolute Gasteiger partial charge is 0.124 e. The highest BCUT2D eigenvalue weighted by Gasteiger charge is 2.20. The number of thiophene rings is 1. The van der Waals surface area contributed by atoms with Crippen molar-refractivity contribution < 1.29 is 9.84 Å². The molecule has 1 aliphatic rings. The predicted octanol–water partition coefficient (Wildman–Crippen LogP) is 4.07. The number of fused-ring (bicyclic) bond motifs is 1. The van der Waals surface area contributed by atoms with Crippen LogP contribution < -0.4 is 4.74 Å². The van der Waals surface area contributed by atoms with Gasteiger partial charge in [0.2, 0.25) is 0 Å². The number of hydrogen-bond acceptors (Lipinski definition) is 3. The molecule has 0 bridgehead atoms. The van der Waals surface area contributed by atoms with E-state index in [-0.39, 0.29) is 6.10 Å². The third-order valence-corrected chi connectivity index (χ3v) is 5.12. The molecule has 2 aromatic rings. The van der Waals surface area contributed by atoms with Crippen LogP contribution in [0.4, 0.5) is 0 Å². The first kappa shape index (κ1) is 12.2. The predicted molar refractivity (Wildman–Crippen MR) is 76.1 cm³/mol. The maximum absolute atomic E-state index is 9.74. The second-order valence-electron chi connectivity index (χ2n) is 4.40. The highest BCUT2D eigenvalue weighted by molar-refractivity contribution is 9.10. The summed E-state index contributed by atoms with van der Waals surface area (Å²) in [6, 6.07) is 8.00. The van der Waals surface area contributed by atoms with Gasteiger partial charge in [-0.2, -0.15) is 0 Å². The van der Waals surface area contributed by atoms with Gasteiger partial charge in [-0.1, -0.05) is 6.07 Å². The molecule has 1 heterocycles. The molecule has 2 nitrogen and oxygen atoms in total. The van der Waals surface area contributed by atoms with Crippen LogP contribution in [-0.2, 0) is 13.0 Å². The lowest BCUT2D eigenvalue weighted by molar-refractivity contribution is 0.180. The first-order chi connectivity index (χ1) is 8.74. The molecule has 1 aromatic carbocycles. The van der Waals surface area contributed by atoms with Crippen LogP contribution in [0.25, 0.3) is 0 Å². The van der Waals surface area contributed by atoms with Gasteiger partial charge in [0.15, 0.2) is 0 Å². The van der Waals surface area contributed by atoms with E-state index in [1.54, 1.807) is 11.3 Å². The number of benzene rings is 1. The fraction of sp³-hybridized carbons (Fsp3) is 0.286. The van der Waals surface area contributed by atoms with Crippen molar-refractivity contribution in [1.82, 2.24) is 0 Å². The van der Waals surface area contributed by atoms with E-state index in [1.807, 2.05) is 29.6 Å². The van der Waals surface area contributed by atoms with E-state index in [9.17, 15) is 5.11 Å². The minimum absolute atomic E-state index is 0.291. The molecule has 1 N–H and O–H groups in total. The fourth-order valence-electron chi connectivity index (χ4n) is 2.24. The van der Waals surface area contributed by atoms with E-state index in [0.717, 1.165) is 28.6 Å². The Bertz CT molecular complexity index is 565. The molecule has 1 aliphatic carbocycles. The number of hydrogen-bond donors (Lipinski definition) is 1. The third-order valence-electron chi connectivity index (χ3n) is 3.22. The van der Waals surface area contributed by atoms with Gasteiger partial charge in [0.05, 0.1) is 11.0 Å². The fourth-order valence-corrected chi connectivity index (χ4v) is 3.62. The van der Waals surface area contributed by atoms with Crippen molar-refractivity contribution >= 4 is 27.3 Å². The molecule has 0 spiro atoms. The molecule has 18 heavy (non-hydrogen) atoms. The van der Waals surface area contributed by atoms with Crippen molar-refractivity contribution in [3.8, 4) is 5.75 Å². The van der Waals surface area contributed by atoms with Crippen LogP contribution in [0, 0.1) is 0 Å². The lowest BCUT2D eigenvalue weighted by atomic mass is 10.1. The van der Waals surface area contributed by atoms with Crippen LogP contribution in [-0.4, -0.2) is 5.11 Å². The number of aryl methyl sites for hydroxylation is 1.